The van der Waals surface area contributed by atoms with Gasteiger partial charge in [-0.05, 0) is 47.9 Å². The molecule has 156 valence electrons. The van der Waals surface area contributed by atoms with E-state index in [0.29, 0.717) is 16.7 Å². The summed E-state index contributed by atoms with van der Waals surface area (Å²) in [7, 11) is 0. The van der Waals surface area contributed by atoms with Crippen molar-refractivity contribution in [1.29, 1.82) is 0 Å². The predicted octanol–water partition coefficient (Wildman–Crippen LogP) is 4.07. The number of carbonyl (C=O) groups excluding carboxylic acids is 2. The van der Waals surface area contributed by atoms with E-state index in [9.17, 15) is 19.7 Å². The SMILES string of the molecule is C/C(=C(/NC(=O)c1ccccc1)C(=O)NCc1ccccc1)c1ccc([N+](=O)[O-])cc1. The van der Waals surface area contributed by atoms with Crippen molar-refractivity contribution >= 4 is 23.1 Å². The van der Waals surface area contributed by atoms with Crippen molar-refractivity contribution in [2.75, 3.05) is 0 Å². The largest absolute Gasteiger partial charge is 0.347 e. The van der Waals surface area contributed by atoms with Crippen molar-refractivity contribution in [3.63, 3.8) is 0 Å². The van der Waals surface area contributed by atoms with Crippen LogP contribution in [0.3, 0.4) is 0 Å². The Morgan fingerprint density at radius 1 is 0.839 bits per heavy atom. The average molecular weight is 415 g/mol. The third-order valence-electron chi connectivity index (χ3n) is 4.68. The molecule has 7 heteroatoms. The molecule has 3 rings (SSSR count). The summed E-state index contributed by atoms with van der Waals surface area (Å²) in [5.74, 6) is -0.879. The quantitative estimate of drug-likeness (QED) is 0.345. The first-order valence-electron chi connectivity index (χ1n) is 9.60. The van der Waals surface area contributed by atoms with Crippen LogP contribution in [0, 0.1) is 10.1 Å². The summed E-state index contributed by atoms with van der Waals surface area (Å²) >= 11 is 0. The second kappa shape index (κ2) is 9.98. The topological polar surface area (TPSA) is 101 Å². The van der Waals surface area contributed by atoms with E-state index in [4.69, 9.17) is 0 Å². The first-order chi connectivity index (χ1) is 15.0. The first-order valence-corrected chi connectivity index (χ1v) is 9.60. The molecule has 0 bridgehead atoms. The molecular weight excluding hydrogens is 394 g/mol. The van der Waals surface area contributed by atoms with E-state index in [1.54, 1.807) is 49.4 Å². The molecule has 0 fully saturated rings. The van der Waals surface area contributed by atoms with Crippen molar-refractivity contribution in [1.82, 2.24) is 10.6 Å². The van der Waals surface area contributed by atoms with E-state index in [1.165, 1.54) is 12.1 Å². The van der Waals surface area contributed by atoms with Gasteiger partial charge in [0.15, 0.2) is 0 Å². The van der Waals surface area contributed by atoms with Crippen LogP contribution < -0.4 is 10.6 Å². The highest BCUT2D eigenvalue weighted by Crippen LogP contribution is 2.21. The highest BCUT2D eigenvalue weighted by atomic mass is 16.6. The number of rotatable bonds is 7. The number of nitro benzene ring substituents is 1. The molecule has 0 saturated carbocycles. The molecule has 0 saturated heterocycles. The van der Waals surface area contributed by atoms with E-state index in [-0.39, 0.29) is 17.9 Å². The van der Waals surface area contributed by atoms with E-state index in [0.717, 1.165) is 5.56 Å². The minimum absolute atomic E-state index is 0.0556. The number of nitro groups is 1. The predicted molar refractivity (Wildman–Crippen MR) is 118 cm³/mol. The zero-order valence-electron chi connectivity index (χ0n) is 16.9. The van der Waals surface area contributed by atoms with Crippen molar-refractivity contribution in [3.05, 3.63) is 117 Å². The first kappa shape index (κ1) is 21.4. The Kier molecular flexibility index (Phi) is 6.90. The molecule has 0 atom stereocenters. The smallest absolute Gasteiger partial charge is 0.269 e. The summed E-state index contributed by atoms with van der Waals surface area (Å²) in [4.78, 5) is 36.1. The number of nitrogens with zero attached hydrogens (tertiary/aromatic N) is 1. The van der Waals surface area contributed by atoms with Crippen LogP contribution in [-0.4, -0.2) is 16.7 Å². The lowest BCUT2D eigenvalue weighted by molar-refractivity contribution is -0.384. The molecule has 0 aliphatic rings. The molecule has 3 aromatic rings. The molecule has 0 aliphatic heterocycles. The molecule has 31 heavy (non-hydrogen) atoms. The molecular formula is C24H21N3O4. The summed E-state index contributed by atoms with van der Waals surface area (Å²) in [6.45, 7) is 1.97. The van der Waals surface area contributed by atoms with Gasteiger partial charge in [0.1, 0.15) is 5.70 Å². The van der Waals surface area contributed by atoms with Crippen LogP contribution in [0.2, 0.25) is 0 Å². The van der Waals surface area contributed by atoms with E-state index in [2.05, 4.69) is 10.6 Å². The molecule has 2 N–H and O–H groups in total. The molecule has 0 unspecified atom stereocenters. The molecule has 0 spiro atoms. The van der Waals surface area contributed by atoms with Gasteiger partial charge in [-0.15, -0.1) is 0 Å². The van der Waals surface area contributed by atoms with Crippen LogP contribution in [0.15, 0.2) is 90.6 Å². The van der Waals surface area contributed by atoms with Crippen LogP contribution in [0.25, 0.3) is 5.57 Å². The molecule has 2 amide bonds. The zero-order chi connectivity index (χ0) is 22.2. The van der Waals surface area contributed by atoms with Crippen LogP contribution in [0.4, 0.5) is 5.69 Å². The van der Waals surface area contributed by atoms with Gasteiger partial charge in [0.25, 0.3) is 17.5 Å². The minimum atomic E-state index is -0.493. The molecule has 0 radical (unpaired) electrons. The minimum Gasteiger partial charge on any atom is -0.347 e. The molecule has 7 nitrogen and oxygen atoms in total. The van der Waals surface area contributed by atoms with Gasteiger partial charge in [-0.2, -0.15) is 0 Å². The zero-order valence-corrected chi connectivity index (χ0v) is 16.9. The second-order valence-corrected chi connectivity index (χ2v) is 6.79. The van der Waals surface area contributed by atoms with E-state index < -0.39 is 16.7 Å². The van der Waals surface area contributed by atoms with Crippen molar-refractivity contribution in [2.24, 2.45) is 0 Å². The van der Waals surface area contributed by atoms with Crippen molar-refractivity contribution < 1.29 is 14.5 Å². The molecule has 3 aromatic carbocycles. The second-order valence-electron chi connectivity index (χ2n) is 6.79. The number of hydrogen-bond acceptors (Lipinski definition) is 4. The average Bonchev–Trinajstić information content (AvgIpc) is 2.81. The highest BCUT2D eigenvalue weighted by Gasteiger charge is 2.18. The van der Waals surface area contributed by atoms with E-state index >= 15 is 0 Å². The lowest BCUT2D eigenvalue weighted by atomic mass is 10.0. The van der Waals surface area contributed by atoms with Crippen LogP contribution in [-0.2, 0) is 11.3 Å². The summed E-state index contributed by atoms with van der Waals surface area (Å²) in [6.07, 6.45) is 0. The molecule has 0 aromatic heterocycles. The fourth-order valence-electron chi connectivity index (χ4n) is 2.94. The third kappa shape index (κ3) is 5.63. The fraction of sp³-hybridized carbons (Fsp3) is 0.0833. The maximum atomic E-state index is 13.0. The third-order valence-corrected chi connectivity index (χ3v) is 4.68. The number of non-ortho nitro benzene ring substituents is 1. The lowest BCUT2D eigenvalue weighted by Gasteiger charge is -2.15. The van der Waals surface area contributed by atoms with Gasteiger partial charge >= 0.3 is 0 Å². The normalized spacial score (nSPS) is 11.3. The van der Waals surface area contributed by atoms with Gasteiger partial charge < -0.3 is 10.6 Å². The standard InChI is InChI=1S/C24H21N3O4/c1-17(19-12-14-21(15-13-19)27(30)31)22(26-23(28)20-10-6-3-7-11-20)24(29)25-16-18-8-4-2-5-9-18/h2-15H,16H2,1H3,(H,25,29)(H,26,28)/b22-17-. The Bertz CT molecular complexity index is 1110. The van der Waals surface area contributed by atoms with Crippen molar-refractivity contribution in [3.8, 4) is 0 Å². The van der Waals surface area contributed by atoms with Gasteiger partial charge in [-0.25, -0.2) is 0 Å². The van der Waals surface area contributed by atoms with Gasteiger partial charge in [0, 0.05) is 24.2 Å². The van der Waals surface area contributed by atoms with Crippen LogP contribution >= 0.6 is 0 Å². The van der Waals surface area contributed by atoms with Gasteiger partial charge in [-0.3, -0.25) is 19.7 Å². The number of carbonyl (C=O) groups is 2. The molecule has 0 aliphatic carbocycles. The summed E-state index contributed by atoms with van der Waals surface area (Å²) in [5, 5.41) is 16.4. The monoisotopic (exact) mass is 415 g/mol. The Morgan fingerprint density at radius 3 is 2.00 bits per heavy atom. The maximum Gasteiger partial charge on any atom is 0.269 e. The number of amides is 2. The van der Waals surface area contributed by atoms with Gasteiger partial charge in [-0.1, -0.05) is 48.5 Å². The summed E-state index contributed by atoms with van der Waals surface area (Å²) < 4.78 is 0. The Morgan fingerprint density at radius 2 is 1.42 bits per heavy atom. The number of hydrogen-bond donors (Lipinski definition) is 2. The van der Waals surface area contributed by atoms with Crippen LogP contribution in [0.1, 0.15) is 28.4 Å². The van der Waals surface area contributed by atoms with Gasteiger partial charge in [0.05, 0.1) is 4.92 Å². The maximum absolute atomic E-state index is 13.0. The van der Waals surface area contributed by atoms with Crippen molar-refractivity contribution in [2.45, 2.75) is 13.5 Å². The van der Waals surface area contributed by atoms with E-state index in [1.807, 2.05) is 30.3 Å². The highest BCUT2D eigenvalue weighted by molar-refractivity contribution is 6.07. The Labute approximate surface area is 179 Å². The number of allylic oxidation sites excluding steroid dienone is 1. The lowest BCUT2D eigenvalue weighted by Crippen LogP contribution is -2.35. The Hall–Kier alpha value is -4.26. The molecule has 0 heterocycles. The Balaban J connectivity index is 1.90. The van der Waals surface area contributed by atoms with Crippen LogP contribution in [0.5, 0.6) is 0 Å². The summed E-state index contributed by atoms with van der Waals surface area (Å²) in [6, 6.07) is 23.8. The van der Waals surface area contributed by atoms with Gasteiger partial charge in [0.2, 0.25) is 0 Å². The summed E-state index contributed by atoms with van der Waals surface area (Å²) in [5.41, 5.74) is 2.43. The fourth-order valence-corrected chi connectivity index (χ4v) is 2.94. The number of benzene rings is 3. The number of nitrogens with one attached hydrogen (secondary N) is 2.